The zero-order chi connectivity index (χ0) is 14.4. The molecular formula is C14H13F3O2S. The molecule has 2 fully saturated rings. The average Bonchev–Trinajstić information content (AvgIpc) is 2.66. The highest BCUT2D eigenvalue weighted by molar-refractivity contribution is 7.86. The molecule has 2 saturated heterocycles. The summed E-state index contributed by atoms with van der Waals surface area (Å²) in [5, 5.41) is -0.0351. The highest BCUT2D eigenvalue weighted by atomic mass is 32.2. The van der Waals surface area contributed by atoms with Gasteiger partial charge in [0.05, 0.1) is 5.56 Å². The maximum atomic E-state index is 13.7. The third-order valence-electron chi connectivity index (χ3n) is 4.23. The van der Waals surface area contributed by atoms with Gasteiger partial charge in [-0.25, -0.2) is 13.2 Å². The minimum absolute atomic E-state index is 0.0175. The van der Waals surface area contributed by atoms with Crippen LogP contribution in [0.25, 0.3) is 0 Å². The van der Waals surface area contributed by atoms with E-state index in [4.69, 9.17) is 0 Å². The van der Waals surface area contributed by atoms with Crippen molar-refractivity contribution in [2.24, 2.45) is 5.92 Å². The van der Waals surface area contributed by atoms with E-state index in [1.54, 1.807) is 0 Å². The van der Waals surface area contributed by atoms with Crippen molar-refractivity contribution in [2.75, 3.05) is 0 Å². The summed E-state index contributed by atoms with van der Waals surface area (Å²) in [6, 6.07) is 1.75. The highest BCUT2D eigenvalue weighted by Gasteiger charge is 2.43. The summed E-state index contributed by atoms with van der Waals surface area (Å²) in [5.41, 5.74) is -0.402. The van der Waals surface area contributed by atoms with Crippen LogP contribution in [0.4, 0.5) is 13.2 Å². The Morgan fingerprint density at radius 1 is 1.05 bits per heavy atom. The van der Waals surface area contributed by atoms with Gasteiger partial charge in [0.25, 0.3) is 0 Å². The molecule has 1 aromatic rings. The van der Waals surface area contributed by atoms with Crippen LogP contribution in [0, 0.1) is 23.4 Å². The summed E-state index contributed by atoms with van der Waals surface area (Å²) >= 11 is 0. The molecule has 0 aliphatic carbocycles. The molecule has 2 aliphatic heterocycles. The summed E-state index contributed by atoms with van der Waals surface area (Å²) in [5.74, 6) is -5.28. The molecule has 0 N–H and O–H groups in total. The fraction of sp³-hybridized carbons (Fsp3) is 0.500. The van der Waals surface area contributed by atoms with Crippen LogP contribution < -0.4 is 0 Å². The van der Waals surface area contributed by atoms with Gasteiger partial charge in [0, 0.05) is 27.2 Å². The lowest BCUT2D eigenvalue weighted by Crippen LogP contribution is -2.32. The molecule has 108 valence electrons. The quantitative estimate of drug-likeness (QED) is 0.622. The summed E-state index contributed by atoms with van der Waals surface area (Å²) in [6.45, 7) is 0. The molecule has 3 rings (SSSR count). The molecule has 0 aromatic heterocycles. The van der Waals surface area contributed by atoms with E-state index >= 15 is 0 Å². The van der Waals surface area contributed by atoms with E-state index in [1.807, 2.05) is 0 Å². The minimum atomic E-state index is -1.61. The SMILES string of the molecule is O=C(c1ccc(F)c(F)c1F)C1CC2CCC(C1)S2=O. The number of Topliss-reactive ketones (excluding diaryl/α,β-unsaturated/α-hetero) is 1. The largest absolute Gasteiger partial charge is 0.294 e. The van der Waals surface area contributed by atoms with E-state index in [0.29, 0.717) is 12.8 Å². The van der Waals surface area contributed by atoms with Gasteiger partial charge >= 0.3 is 0 Å². The smallest absolute Gasteiger partial charge is 0.195 e. The van der Waals surface area contributed by atoms with Crippen molar-refractivity contribution < 1.29 is 22.2 Å². The van der Waals surface area contributed by atoms with Crippen LogP contribution in [0.5, 0.6) is 0 Å². The molecule has 0 saturated carbocycles. The van der Waals surface area contributed by atoms with Gasteiger partial charge in [0.1, 0.15) is 0 Å². The summed E-state index contributed by atoms with van der Waals surface area (Å²) in [6.07, 6.45) is 2.53. The van der Waals surface area contributed by atoms with Gasteiger partial charge in [0.15, 0.2) is 23.2 Å². The number of rotatable bonds is 2. The summed E-state index contributed by atoms with van der Waals surface area (Å²) in [7, 11) is -0.906. The Kier molecular flexibility index (Phi) is 3.44. The lowest BCUT2D eigenvalue weighted by molar-refractivity contribution is 0.0900. The number of hydrogen-bond acceptors (Lipinski definition) is 2. The van der Waals surface area contributed by atoms with Crippen LogP contribution in [-0.2, 0) is 10.8 Å². The molecule has 1 aromatic carbocycles. The van der Waals surface area contributed by atoms with E-state index in [-0.39, 0.29) is 10.5 Å². The number of benzene rings is 1. The zero-order valence-electron chi connectivity index (χ0n) is 10.6. The molecule has 20 heavy (non-hydrogen) atoms. The molecular weight excluding hydrogens is 289 g/mol. The van der Waals surface area contributed by atoms with Gasteiger partial charge in [0.2, 0.25) is 0 Å². The number of carbonyl (C=O) groups is 1. The number of fused-ring (bicyclic) bond motifs is 2. The van der Waals surface area contributed by atoms with Crippen LogP contribution in [0.15, 0.2) is 12.1 Å². The predicted molar refractivity (Wildman–Crippen MR) is 68.3 cm³/mol. The van der Waals surface area contributed by atoms with Crippen molar-refractivity contribution in [3.8, 4) is 0 Å². The first-order valence-corrected chi connectivity index (χ1v) is 7.83. The first kappa shape index (κ1) is 13.8. The lowest BCUT2D eigenvalue weighted by Gasteiger charge is -2.26. The predicted octanol–water partition coefficient (Wildman–Crippen LogP) is 2.98. The second-order valence-electron chi connectivity index (χ2n) is 5.41. The van der Waals surface area contributed by atoms with Crippen LogP contribution in [0.3, 0.4) is 0 Å². The van der Waals surface area contributed by atoms with Crippen molar-refractivity contribution in [3.63, 3.8) is 0 Å². The van der Waals surface area contributed by atoms with E-state index < -0.39 is 45.5 Å². The molecule has 0 spiro atoms. The molecule has 0 radical (unpaired) electrons. The van der Waals surface area contributed by atoms with Gasteiger partial charge in [-0.05, 0) is 37.8 Å². The topological polar surface area (TPSA) is 34.1 Å². The maximum absolute atomic E-state index is 13.7. The number of carbonyl (C=O) groups excluding carboxylic acids is 1. The fourth-order valence-corrected chi connectivity index (χ4v) is 5.31. The van der Waals surface area contributed by atoms with Gasteiger partial charge in [-0.1, -0.05) is 0 Å². The van der Waals surface area contributed by atoms with Crippen LogP contribution in [0.1, 0.15) is 36.0 Å². The minimum Gasteiger partial charge on any atom is -0.294 e. The van der Waals surface area contributed by atoms with Crippen molar-refractivity contribution in [2.45, 2.75) is 36.2 Å². The van der Waals surface area contributed by atoms with E-state index in [1.165, 1.54) is 0 Å². The Balaban J connectivity index is 1.87. The summed E-state index contributed by atoms with van der Waals surface area (Å²) < 4.78 is 51.6. The first-order valence-electron chi connectivity index (χ1n) is 6.56. The molecule has 2 atom stereocenters. The second-order valence-corrected chi connectivity index (χ2v) is 7.40. The Morgan fingerprint density at radius 2 is 1.65 bits per heavy atom. The van der Waals surface area contributed by atoms with Gasteiger partial charge in [-0.15, -0.1) is 0 Å². The van der Waals surface area contributed by atoms with Crippen molar-refractivity contribution >= 4 is 16.6 Å². The van der Waals surface area contributed by atoms with Crippen molar-refractivity contribution in [3.05, 3.63) is 35.1 Å². The Labute approximate surface area is 116 Å². The third kappa shape index (κ3) is 2.10. The molecule has 2 bridgehead atoms. The van der Waals surface area contributed by atoms with E-state index in [0.717, 1.165) is 25.0 Å². The van der Waals surface area contributed by atoms with E-state index in [9.17, 15) is 22.2 Å². The van der Waals surface area contributed by atoms with Crippen LogP contribution in [0.2, 0.25) is 0 Å². The third-order valence-corrected chi connectivity index (χ3v) is 6.40. The van der Waals surface area contributed by atoms with Crippen molar-refractivity contribution in [1.82, 2.24) is 0 Å². The molecule has 2 heterocycles. The number of halogens is 3. The number of hydrogen-bond donors (Lipinski definition) is 0. The normalized spacial score (nSPS) is 32.4. The van der Waals surface area contributed by atoms with E-state index in [2.05, 4.69) is 0 Å². The standard InChI is InChI=1S/C14H13F3O2S/c15-11-4-3-10(12(16)13(11)17)14(18)7-5-8-1-2-9(6-7)20(8)19/h3-4,7-9H,1-2,5-6H2. The zero-order valence-corrected chi connectivity index (χ0v) is 11.4. The lowest BCUT2D eigenvalue weighted by atomic mass is 9.90. The molecule has 0 amide bonds. The average molecular weight is 302 g/mol. The molecule has 2 nitrogen and oxygen atoms in total. The first-order chi connectivity index (χ1) is 9.49. The van der Waals surface area contributed by atoms with Crippen molar-refractivity contribution in [1.29, 1.82) is 0 Å². The number of ketones is 1. The van der Waals surface area contributed by atoms with Gasteiger partial charge < -0.3 is 0 Å². The Hall–Kier alpha value is -1.17. The second kappa shape index (κ2) is 4.98. The maximum Gasteiger partial charge on any atom is 0.195 e. The molecule has 6 heteroatoms. The summed E-state index contributed by atoms with van der Waals surface area (Å²) in [4.78, 5) is 12.3. The molecule has 2 aliphatic rings. The van der Waals surface area contributed by atoms with Gasteiger partial charge in [-0.2, -0.15) is 0 Å². The molecule has 2 unspecified atom stereocenters. The van der Waals surface area contributed by atoms with Gasteiger partial charge in [-0.3, -0.25) is 9.00 Å². The van der Waals surface area contributed by atoms with Crippen LogP contribution >= 0.6 is 0 Å². The fourth-order valence-electron chi connectivity index (χ4n) is 3.18. The highest BCUT2D eigenvalue weighted by Crippen LogP contribution is 2.40. The Bertz CT molecular complexity index is 586. The Morgan fingerprint density at radius 3 is 2.25 bits per heavy atom. The van der Waals surface area contributed by atoms with Crippen LogP contribution in [-0.4, -0.2) is 20.5 Å². The monoisotopic (exact) mass is 302 g/mol.